The van der Waals surface area contributed by atoms with Gasteiger partial charge in [0.1, 0.15) is 38.7 Å². The number of amides is 2. The van der Waals surface area contributed by atoms with Gasteiger partial charge in [0, 0.05) is 35.3 Å². The van der Waals surface area contributed by atoms with Gasteiger partial charge in [0.25, 0.3) is 11.8 Å². The summed E-state index contributed by atoms with van der Waals surface area (Å²) in [6.45, 7) is 0.442. The number of carbonyl (C=O) groups is 3. The van der Waals surface area contributed by atoms with Crippen LogP contribution in [0.25, 0.3) is 0 Å². The van der Waals surface area contributed by atoms with E-state index in [0.717, 1.165) is 16.7 Å². The Morgan fingerprint density at radius 1 is 1.28 bits per heavy atom. The molecule has 2 amide bonds. The van der Waals surface area contributed by atoms with Crippen LogP contribution in [0.5, 0.6) is 0 Å². The third-order valence-electron chi connectivity index (χ3n) is 4.96. The van der Waals surface area contributed by atoms with Crippen LogP contribution in [0.15, 0.2) is 56.4 Å². The summed E-state index contributed by atoms with van der Waals surface area (Å²) >= 11 is 3.83. The predicted molar refractivity (Wildman–Crippen MR) is 134 cm³/mol. The van der Waals surface area contributed by atoms with E-state index >= 15 is 0 Å². The number of hydrogen-bond donors (Lipinski definition) is 5. The predicted octanol–water partition coefficient (Wildman–Crippen LogP) is 0.171. The van der Waals surface area contributed by atoms with Gasteiger partial charge >= 0.3 is 5.97 Å². The molecular formula is C20H20N8O5S3. The number of aromatic nitrogens is 3. The molecule has 7 N–H and O–H groups in total. The summed E-state index contributed by atoms with van der Waals surface area (Å²) in [6, 6.07) is 3.44. The molecule has 2 aromatic heterocycles. The average molecular weight is 549 g/mol. The van der Waals surface area contributed by atoms with Crippen LogP contribution < -0.4 is 16.8 Å². The smallest absolute Gasteiger partial charge is 0.353 e. The van der Waals surface area contributed by atoms with Crippen LogP contribution in [0.3, 0.4) is 0 Å². The number of nitrogens with zero attached hydrogens (tertiary/aromatic N) is 5. The highest BCUT2D eigenvalue weighted by atomic mass is 32.2. The Morgan fingerprint density at radius 2 is 2.03 bits per heavy atom. The van der Waals surface area contributed by atoms with Crippen LogP contribution in [0, 0.1) is 0 Å². The van der Waals surface area contributed by atoms with Crippen molar-refractivity contribution in [3.05, 3.63) is 46.9 Å². The number of fused-ring (bicyclic) bond motifs is 1. The zero-order valence-corrected chi connectivity index (χ0v) is 20.8. The maximum atomic E-state index is 13.0. The number of thioether (sulfide) groups is 3. The van der Waals surface area contributed by atoms with Gasteiger partial charge in [-0.1, -0.05) is 23.0 Å². The molecule has 0 aromatic carbocycles. The monoisotopic (exact) mass is 548 g/mol. The van der Waals surface area contributed by atoms with E-state index in [1.54, 1.807) is 0 Å². The van der Waals surface area contributed by atoms with Gasteiger partial charge in [0.05, 0.1) is 0 Å². The summed E-state index contributed by atoms with van der Waals surface area (Å²) in [5, 5.41) is 25.2. The Hall–Kier alpha value is -3.34. The fraction of sp³-hybridized carbons (Fsp3) is 0.250. The lowest BCUT2D eigenvalue weighted by Gasteiger charge is -2.49. The second-order valence-corrected chi connectivity index (χ2v) is 10.5. The van der Waals surface area contributed by atoms with E-state index in [1.807, 2.05) is 0 Å². The van der Waals surface area contributed by atoms with Gasteiger partial charge in [-0.05, 0) is 12.1 Å². The van der Waals surface area contributed by atoms with Gasteiger partial charge in [0.15, 0.2) is 5.71 Å². The van der Waals surface area contributed by atoms with E-state index in [-0.39, 0.29) is 23.0 Å². The van der Waals surface area contributed by atoms with Crippen LogP contribution in [-0.4, -0.2) is 83.1 Å². The molecule has 0 bridgehead atoms. The summed E-state index contributed by atoms with van der Waals surface area (Å²) in [7, 11) is 0. The molecule has 0 aliphatic carbocycles. The number of aliphatic carboxylic acids is 1. The molecule has 1 fully saturated rings. The molecule has 0 unspecified atom stereocenters. The van der Waals surface area contributed by atoms with E-state index in [1.165, 1.54) is 54.1 Å². The zero-order chi connectivity index (χ0) is 25.8. The lowest BCUT2D eigenvalue weighted by Crippen LogP contribution is -2.71. The number of β-lactam (4-membered cyclic amide) rings is 1. The summed E-state index contributed by atoms with van der Waals surface area (Å²) in [6.07, 6.45) is 3.04. The van der Waals surface area contributed by atoms with Crippen molar-refractivity contribution in [2.24, 2.45) is 10.9 Å². The zero-order valence-electron chi connectivity index (χ0n) is 18.4. The molecule has 2 aliphatic rings. The van der Waals surface area contributed by atoms with Crippen molar-refractivity contribution in [1.29, 1.82) is 0 Å². The Morgan fingerprint density at radius 3 is 2.69 bits per heavy atom. The number of pyridine rings is 1. The minimum atomic E-state index is -1.28. The number of nitrogens with one attached hydrogen (secondary N) is 1. The molecule has 13 nitrogen and oxygen atoms in total. The molecule has 4 rings (SSSR count). The second kappa shape index (κ2) is 11.2. The summed E-state index contributed by atoms with van der Waals surface area (Å²) < 4.78 is 0. The first kappa shape index (κ1) is 25.7. The summed E-state index contributed by atoms with van der Waals surface area (Å²) in [5.74, 6) is -1.74. The van der Waals surface area contributed by atoms with E-state index in [9.17, 15) is 24.7 Å². The minimum absolute atomic E-state index is 0.0204. The number of nitrogen functional groups attached to an aromatic ring is 1. The number of rotatable bonds is 9. The largest absolute Gasteiger partial charge is 0.477 e. The molecule has 16 heteroatoms. The Labute approximate surface area is 217 Å². The van der Waals surface area contributed by atoms with Gasteiger partial charge in [-0.3, -0.25) is 14.5 Å². The second-order valence-electron chi connectivity index (χ2n) is 7.24. The number of hydrogen-bond acceptors (Lipinski definition) is 13. The molecular weight excluding hydrogens is 528 g/mol. The van der Waals surface area contributed by atoms with E-state index < -0.39 is 34.9 Å². The molecule has 0 radical (unpaired) electrons. The fourth-order valence-corrected chi connectivity index (χ4v) is 6.76. The standard InChI is InChI=1S/C20H20N8O5S3/c21-4-7-34-16-17(24-6-5-23-16)36-10-8-35-19-13(18(30)28(19)14(10)20(31)32)26-15(29)12(27-33)9-2-1-3-11(22)25-9/h1-3,5-6,13,19,33H,4,7-8,21H2,(H2,22,25)(H,26,29)(H,31,32)/b27-12-/t13-,19-/m1/s1. The summed E-state index contributed by atoms with van der Waals surface area (Å²) in [5.41, 5.74) is 10.6. The molecule has 2 aliphatic heterocycles. The number of nitrogens with two attached hydrogens (primary N) is 2. The minimum Gasteiger partial charge on any atom is -0.477 e. The van der Waals surface area contributed by atoms with Gasteiger partial charge in [-0.2, -0.15) is 0 Å². The average Bonchev–Trinajstić information content (AvgIpc) is 2.86. The molecule has 188 valence electrons. The van der Waals surface area contributed by atoms with E-state index in [4.69, 9.17) is 11.5 Å². The van der Waals surface area contributed by atoms with Gasteiger partial charge in [-0.15, -0.1) is 23.5 Å². The highest BCUT2D eigenvalue weighted by molar-refractivity contribution is 8.07. The lowest BCUT2D eigenvalue weighted by atomic mass is 10.0. The number of oxime groups is 1. The highest BCUT2D eigenvalue weighted by Gasteiger charge is 2.54. The number of carboxylic acids is 1. The van der Waals surface area contributed by atoms with Crippen molar-refractivity contribution in [3.63, 3.8) is 0 Å². The van der Waals surface area contributed by atoms with Crippen molar-refractivity contribution in [2.45, 2.75) is 21.5 Å². The maximum absolute atomic E-state index is 13.0. The van der Waals surface area contributed by atoms with Crippen molar-refractivity contribution in [3.8, 4) is 0 Å². The maximum Gasteiger partial charge on any atom is 0.353 e. The number of carboxylic acid groups (broad SMARTS) is 1. The van der Waals surface area contributed by atoms with Crippen LogP contribution in [0.4, 0.5) is 5.82 Å². The molecule has 2 atom stereocenters. The summed E-state index contributed by atoms with van der Waals surface area (Å²) in [4.78, 5) is 52.0. The van der Waals surface area contributed by atoms with E-state index in [2.05, 4.69) is 25.4 Å². The van der Waals surface area contributed by atoms with Crippen LogP contribution in [0.2, 0.25) is 0 Å². The van der Waals surface area contributed by atoms with Gasteiger partial charge in [0.2, 0.25) is 0 Å². The quantitative estimate of drug-likeness (QED) is 0.0931. The molecule has 0 spiro atoms. The first-order valence-corrected chi connectivity index (χ1v) is 13.2. The normalized spacial score (nSPS) is 19.5. The molecule has 36 heavy (non-hydrogen) atoms. The molecule has 1 saturated heterocycles. The van der Waals surface area contributed by atoms with Crippen LogP contribution in [-0.2, 0) is 14.4 Å². The van der Waals surface area contributed by atoms with Crippen molar-refractivity contribution in [1.82, 2.24) is 25.2 Å². The Kier molecular flexibility index (Phi) is 7.97. The highest BCUT2D eigenvalue weighted by Crippen LogP contribution is 2.45. The third-order valence-corrected chi connectivity index (χ3v) is 8.64. The van der Waals surface area contributed by atoms with Crippen molar-refractivity contribution in [2.75, 3.05) is 23.8 Å². The third kappa shape index (κ3) is 5.11. The molecule has 2 aromatic rings. The molecule has 4 heterocycles. The first-order chi connectivity index (χ1) is 17.3. The SMILES string of the molecule is NCCSc1nccnc1SC1=C(C(=O)O)N2C(=O)[C@@H](NC(=O)/C(=N\O)c3cccc(N)n3)[C@H]2SC1. The number of anilines is 1. The van der Waals surface area contributed by atoms with Crippen molar-refractivity contribution >= 4 is 64.6 Å². The lowest BCUT2D eigenvalue weighted by molar-refractivity contribution is -0.150. The van der Waals surface area contributed by atoms with Gasteiger partial charge in [-0.25, -0.2) is 19.7 Å². The van der Waals surface area contributed by atoms with Crippen LogP contribution in [0.1, 0.15) is 5.69 Å². The van der Waals surface area contributed by atoms with E-state index in [0.29, 0.717) is 27.3 Å². The van der Waals surface area contributed by atoms with Gasteiger partial charge < -0.3 is 27.1 Å². The Balaban J connectivity index is 1.53. The van der Waals surface area contributed by atoms with Crippen molar-refractivity contribution < 1.29 is 24.7 Å². The Bertz CT molecular complexity index is 1270. The molecule has 0 saturated carbocycles. The number of carbonyl (C=O) groups excluding carboxylic acids is 2. The fourth-order valence-electron chi connectivity index (χ4n) is 3.43. The van der Waals surface area contributed by atoms with Crippen LogP contribution >= 0.6 is 35.3 Å². The topological polar surface area (TPSA) is 210 Å². The first-order valence-electron chi connectivity index (χ1n) is 10.3.